The number of rotatable bonds is 8. The van der Waals surface area contributed by atoms with E-state index in [9.17, 15) is 30.5 Å². The van der Waals surface area contributed by atoms with Crippen molar-refractivity contribution in [2.75, 3.05) is 44.4 Å². The quantitative estimate of drug-likeness (QED) is 0.194. The van der Waals surface area contributed by atoms with Crippen LogP contribution in [0.1, 0.15) is 12.1 Å². The third-order valence-corrected chi connectivity index (χ3v) is 8.00. The van der Waals surface area contributed by atoms with Gasteiger partial charge in [-0.05, 0) is 59.2 Å². The van der Waals surface area contributed by atoms with Gasteiger partial charge >= 0.3 is 0 Å². The van der Waals surface area contributed by atoms with Crippen LogP contribution in [-0.2, 0) is 21.3 Å². The first-order valence-corrected chi connectivity index (χ1v) is 14.0. The van der Waals surface area contributed by atoms with E-state index in [-0.39, 0.29) is 25.1 Å². The van der Waals surface area contributed by atoms with Gasteiger partial charge in [0.1, 0.15) is 36.1 Å². The van der Waals surface area contributed by atoms with Gasteiger partial charge in [0.25, 0.3) is 5.91 Å². The molecule has 0 bridgehead atoms. The topological polar surface area (TPSA) is 160 Å². The number of aliphatic hydroxyl groups is 4. The molecule has 5 atom stereocenters. The first kappa shape index (κ1) is 29.7. The van der Waals surface area contributed by atoms with E-state index in [1.165, 1.54) is 11.8 Å². The second-order valence-corrected chi connectivity index (χ2v) is 10.6. The van der Waals surface area contributed by atoms with Crippen LogP contribution < -0.4 is 10.2 Å². The van der Waals surface area contributed by atoms with E-state index in [1.54, 1.807) is 0 Å². The predicted octanol–water partition coefficient (Wildman–Crippen LogP) is 0.938. The number of fused-ring (bicyclic) bond motifs is 1. The SMILES string of the molecule is Cn1c(/C=C(\C#N)C(=O)NC[C@H]2OC(CCO)[C@H](O)[C@@H](O)[C@@H]2O)ccc1-c1ccc2cc(N3CCOCC3)ccc2c1. The second-order valence-electron chi connectivity index (χ2n) is 10.6. The number of aromatic nitrogens is 1. The number of ether oxygens (including phenoxy) is 2. The molecule has 2 aliphatic rings. The fourth-order valence-electron chi connectivity index (χ4n) is 5.52. The summed E-state index contributed by atoms with van der Waals surface area (Å²) >= 11 is 0. The molecule has 0 spiro atoms. The number of anilines is 1. The van der Waals surface area contributed by atoms with Crippen molar-refractivity contribution in [3.05, 3.63) is 59.8 Å². The largest absolute Gasteiger partial charge is 0.396 e. The molecule has 1 unspecified atom stereocenters. The van der Waals surface area contributed by atoms with Crippen molar-refractivity contribution in [1.29, 1.82) is 5.26 Å². The Morgan fingerprint density at radius 3 is 2.48 bits per heavy atom. The summed E-state index contributed by atoms with van der Waals surface area (Å²) in [5, 5.41) is 54.2. The van der Waals surface area contributed by atoms with Gasteiger partial charge < -0.3 is 44.7 Å². The molecule has 11 nitrogen and oxygen atoms in total. The standard InChI is InChI=1S/C31H36N4O7/c1-34-23(16-22(17-32)31(40)33-18-27-29(38)30(39)28(37)26(42-27)8-11-36)6-7-25(34)21-3-2-20-15-24(5-4-19(20)14-21)35-9-12-41-13-10-35/h2-7,14-16,26-30,36-39H,8-13,18H2,1H3,(H,33,40)/b22-16+/t26?,27-,28+,29-,30-/m1/s1. The molecule has 42 heavy (non-hydrogen) atoms. The Kier molecular flexibility index (Phi) is 9.23. The normalized spacial score (nSPS) is 24.9. The highest BCUT2D eigenvalue weighted by molar-refractivity contribution is 6.01. The summed E-state index contributed by atoms with van der Waals surface area (Å²) in [5.41, 5.74) is 3.59. The zero-order valence-electron chi connectivity index (χ0n) is 23.4. The number of nitriles is 1. The Balaban J connectivity index is 1.28. The van der Waals surface area contributed by atoms with Gasteiger partial charge in [0.05, 0.1) is 19.3 Å². The maximum Gasteiger partial charge on any atom is 0.262 e. The van der Waals surface area contributed by atoms with Gasteiger partial charge in [-0.1, -0.05) is 18.2 Å². The molecule has 3 heterocycles. The summed E-state index contributed by atoms with van der Waals surface area (Å²) in [7, 11) is 1.86. The van der Waals surface area contributed by atoms with E-state index in [0.29, 0.717) is 5.69 Å². The van der Waals surface area contributed by atoms with Crippen LogP contribution in [-0.4, -0.2) is 101 Å². The van der Waals surface area contributed by atoms with Crippen molar-refractivity contribution in [2.45, 2.75) is 36.9 Å². The molecular weight excluding hydrogens is 540 g/mol. The van der Waals surface area contributed by atoms with Crippen LogP contribution in [0.2, 0.25) is 0 Å². The Morgan fingerprint density at radius 1 is 1.02 bits per heavy atom. The molecule has 1 aromatic heterocycles. The van der Waals surface area contributed by atoms with Crippen LogP contribution in [0.15, 0.2) is 54.1 Å². The third kappa shape index (κ3) is 6.19. The van der Waals surface area contributed by atoms with E-state index >= 15 is 0 Å². The lowest BCUT2D eigenvalue weighted by atomic mass is 9.93. The zero-order chi connectivity index (χ0) is 29.8. The van der Waals surface area contributed by atoms with Gasteiger partial charge in [-0.15, -0.1) is 0 Å². The van der Waals surface area contributed by atoms with Crippen LogP contribution in [0.25, 0.3) is 28.1 Å². The molecule has 2 saturated heterocycles. The highest BCUT2D eigenvalue weighted by atomic mass is 16.5. The molecule has 0 saturated carbocycles. The fourth-order valence-corrected chi connectivity index (χ4v) is 5.52. The van der Waals surface area contributed by atoms with Crippen LogP contribution in [0, 0.1) is 11.3 Å². The average Bonchev–Trinajstić information content (AvgIpc) is 3.38. The molecule has 3 aromatic rings. The molecule has 0 radical (unpaired) electrons. The Bertz CT molecular complexity index is 1490. The summed E-state index contributed by atoms with van der Waals surface area (Å²) in [6.07, 6.45) is -4.69. The maximum atomic E-state index is 12.8. The van der Waals surface area contributed by atoms with Gasteiger partial charge in [-0.3, -0.25) is 4.79 Å². The maximum absolute atomic E-state index is 12.8. The number of aliphatic hydroxyl groups excluding tert-OH is 4. The molecular formula is C31H36N4O7. The fraction of sp³-hybridized carbons (Fsp3) is 0.419. The van der Waals surface area contributed by atoms with E-state index in [2.05, 4.69) is 46.6 Å². The van der Waals surface area contributed by atoms with Crippen molar-refractivity contribution < 1.29 is 34.7 Å². The van der Waals surface area contributed by atoms with Gasteiger partial charge in [-0.2, -0.15) is 5.26 Å². The van der Waals surface area contributed by atoms with E-state index in [1.807, 2.05) is 29.8 Å². The molecule has 2 fully saturated rings. The number of morpholine rings is 1. The first-order valence-electron chi connectivity index (χ1n) is 14.0. The van der Waals surface area contributed by atoms with Crippen molar-refractivity contribution in [3.63, 3.8) is 0 Å². The third-order valence-electron chi connectivity index (χ3n) is 8.00. The van der Waals surface area contributed by atoms with Gasteiger partial charge in [-0.25, -0.2) is 0 Å². The highest BCUT2D eigenvalue weighted by Crippen LogP contribution is 2.29. The summed E-state index contributed by atoms with van der Waals surface area (Å²) in [4.78, 5) is 15.2. The number of benzene rings is 2. The first-order chi connectivity index (χ1) is 20.3. The number of amides is 1. The number of nitrogens with one attached hydrogen (secondary N) is 1. The van der Waals surface area contributed by atoms with Crippen molar-refractivity contribution >= 4 is 28.4 Å². The number of nitrogens with zero attached hydrogens (tertiary/aromatic N) is 3. The molecule has 0 aliphatic carbocycles. The van der Waals surface area contributed by atoms with Crippen LogP contribution in [0.4, 0.5) is 5.69 Å². The number of carbonyl (C=O) groups is 1. The Hall–Kier alpha value is -3.76. The van der Waals surface area contributed by atoms with Crippen LogP contribution >= 0.6 is 0 Å². The number of carbonyl (C=O) groups excluding carboxylic acids is 1. The van der Waals surface area contributed by atoms with Crippen LogP contribution in [0.5, 0.6) is 0 Å². The smallest absolute Gasteiger partial charge is 0.262 e. The molecule has 11 heteroatoms. The summed E-state index contributed by atoms with van der Waals surface area (Å²) in [5.74, 6) is -0.669. The van der Waals surface area contributed by atoms with Crippen LogP contribution in [0.3, 0.4) is 0 Å². The molecule has 222 valence electrons. The average molecular weight is 577 g/mol. The molecule has 5 N–H and O–H groups in total. The minimum Gasteiger partial charge on any atom is -0.396 e. The van der Waals surface area contributed by atoms with Crippen molar-refractivity contribution in [2.24, 2.45) is 7.05 Å². The van der Waals surface area contributed by atoms with Gasteiger partial charge in [0, 0.05) is 50.4 Å². The van der Waals surface area contributed by atoms with E-state index in [0.717, 1.165) is 48.3 Å². The van der Waals surface area contributed by atoms with Gasteiger partial charge in [0.15, 0.2) is 0 Å². The lowest BCUT2D eigenvalue weighted by Crippen LogP contribution is -2.60. The van der Waals surface area contributed by atoms with Gasteiger partial charge in [0.2, 0.25) is 0 Å². The lowest BCUT2D eigenvalue weighted by molar-refractivity contribution is -0.222. The summed E-state index contributed by atoms with van der Waals surface area (Å²) < 4.78 is 13.0. The molecule has 1 amide bonds. The zero-order valence-corrected chi connectivity index (χ0v) is 23.4. The molecule has 2 aromatic carbocycles. The van der Waals surface area contributed by atoms with Crippen molar-refractivity contribution in [3.8, 4) is 17.3 Å². The lowest BCUT2D eigenvalue weighted by Gasteiger charge is -2.40. The predicted molar refractivity (Wildman–Crippen MR) is 156 cm³/mol. The highest BCUT2D eigenvalue weighted by Gasteiger charge is 2.43. The molecule has 5 rings (SSSR count). The molecule has 2 aliphatic heterocycles. The minimum atomic E-state index is -1.49. The summed E-state index contributed by atoms with van der Waals surface area (Å²) in [6, 6.07) is 18.4. The van der Waals surface area contributed by atoms with E-state index in [4.69, 9.17) is 9.47 Å². The number of hydrogen-bond acceptors (Lipinski definition) is 9. The van der Waals surface area contributed by atoms with Crippen molar-refractivity contribution in [1.82, 2.24) is 9.88 Å². The Morgan fingerprint density at radius 2 is 1.74 bits per heavy atom. The monoisotopic (exact) mass is 576 g/mol. The number of hydrogen-bond donors (Lipinski definition) is 5. The summed E-state index contributed by atoms with van der Waals surface area (Å²) in [6.45, 7) is 2.73. The minimum absolute atomic E-state index is 0.0568. The van der Waals surface area contributed by atoms with E-state index < -0.39 is 36.4 Å². The second kappa shape index (κ2) is 13.0. The Labute approximate surface area is 243 Å².